The van der Waals surface area contributed by atoms with Gasteiger partial charge >= 0.3 is 5.97 Å². The Morgan fingerprint density at radius 1 is 1.45 bits per heavy atom. The van der Waals surface area contributed by atoms with Crippen LogP contribution in [0.2, 0.25) is 0 Å². The van der Waals surface area contributed by atoms with Crippen LogP contribution in [0.3, 0.4) is 0 Å². The summed E-state index contributed by atoms with van der Waals surface area (Å²) in [7, 11) is -1.43. The molecule has 1 rings (SSSR count). The molecule has 5 nitrogen and oxygen atoms in total. The van der Waals surface area contributed by atoms with Gasteiger partial charge < -0.3 is 4.74 Å². The summed E-state index contributed by atoms with van der Waals surface area (Å²) in [5.74, 6) is -1.55. The highest BCUT2D eigenvalue weighted by Gasteiger charge is 2.29. The molecule has 20 heavy (non-hydrogen) atoms. The van der Waals surface area contributed by atoms with E-state index in [-0.39, 0.29) is 16.5 Å². The molecule has 0 saturated heterocycles. The Balaban J connectivity index is 3.44. The summed E-state index contributed by atoms with van der Waals surface area (Å²) < 4.78 is 44.0. The van der Waals surface area contributed by atoms with Crippen LogP contribution in [0.15, 0.2) is 23.1 Å². The second-order valence-electron chi connectivity index (χ2n) is 4.41. The SMILES string of the molecule is CCC(C)N(C)S(=O)(=O)c1cc(F)ccc1C(=O)OC. The zero-order chi connectivity index (χ0) is 15.5. The first-order valence-corrected chi connectivity index (χ1v) is 7.55. The van der Waals surface area contributed by atoms with Gasteiger partial charge in [0.1, 0.15) is 5.82 Å². The van der Waals surface area contributed by atoms with Crippen LogP contribution in [0, 0.1) is 5.82 Å². The first-order chi connectivity index (χ1) is 9.25. The van der Waals surface area contributed by atoms with Crippen molar-refractivity contribution in [3.63, 3.8) is 0 Å². The Kier molecular flexibility index (Phi) is 5.24. The molecule has 1 atom stereocenters. The number of esters is 1. The van der Waals surface area contributed by atoms with Gasteiger partial charge in [0.2, 0.25) is 10.0 Å². The molecule has 0 radical (unpaired) electrons. The minimum Gasteiger partial charge on any atom is -0.465 e. The summed E-state index contributed by atoms with van der Waals surface area (Å²) in [5.41, 5.74) is -0.177. The van der Waals surface area contributed by atoms with Crippen LogP contribution >= 0.6 is 0 Å². The molecule has 0 spiro atoms. The van der Waals surface area contributed by atoms with Gasteiger partial charge in [-0.15, -0.1) is 0 Å². The fourth-order valence-corrected chi connectivity index (χ4v) is 3.26. The van der Waals surface area contributed by atoms with Crippen LogP contribution in [-0.4, -0.2) is 38.9 Å². The number of halogens is 1. The van der Waals surface area contributed by atoms with Crippen LogP contribution in [0.1, 0.15) is 30.6 Å². The summed E-state index contributed by atoms with van der Waals surface area (Å²) in [6.07, 6.45) is 0.596. The molecule has 0 aliphatic carbocycles. The van der Waals surface area contributed by atoms with Crippen LogP contribution in [0.4, 0.5) is 4.39 Å². The van der Waals surface area contributed by atoms with Gasteiger partial charge in [0.15, 0.2) is 0 Å². The van der Waals surface area contributed by atoms with Gasteiger partial charge in [-0.1, -0.05) is 6.92 Å². The number of nitrogens with zero attached hydrogens (tertiary/aromatic N) is 1. The number of ether oxygens (including phenoxy) is 1. The Hall–Kier alpha value is -1.47. The lowest BCUT2D eigenvalue weighted by molar-refractivity contribution is 0.0596. The van der Waals surface area contributed by atoms with Crippen LogP contribution in [-0.2, 0) is 14.8 Å². The van der Waals surface area contributed by atoms with Gasteiger partial charge in [-0.3, -0.25) is 0 Å². The molecule has 0 aromatic heterocycles. The first-order valence-electron chi connectivity index (χ1n) is 6.11. The molecule has 0 amide bonds. The van der Waals surface area contributed by atoms with Gasteiger partial charge in [-0.25, -0.2) is 17.6 Å². The fourth-order valence-electron chi connectivity index (χ4n) is 1.64. The summed E-state index contributed by atoms with van der Waals surface area (Å²) in [6.45, 7) is 3.57. The highest BCUT2D eigenvalue weighted by atomic mass is 32.2. The molecule has 0 bridgehead atoms. The number of benzene rings is 1. The van der Waals surface area contributed by atoms with E-state index in [1.54, 1.807) is 6.92 Å². The van der Waals surface area contributed by atoms with Crippen molar-refractivity contribution < 1.29 is 22.3 Å². The zero-order valence-electron chi connectivity index (χ0n) is 11.9. The third-order valence-electron chi connectivity index (χ3n) is 3.22. The Labute approximate surface area is 118 Å². The molecular formula is C13H18FNO4S. The molecule has 0 saturated carbocycles. The normalized spacial score (nSPS) is 13.3. The van der Waals surface area contributed by atoms with Crippen molar-refractivity contribution in [3.8, 4) is 0 Å². The molecule has 0 aliphatic heterocycles. The lowest BCUT2D eigenvalue weighted by Crippen LogP contribution is -2.35. The van der Waals surface area contributed by atoms with Crippen molar-refractivity contribution in [1.29, 1.82) is 0 Å². The van der Waals surface area contributed by atoms with E-state index in [4.69, 9.17) is 0 Å². The minimum absolute atomic E-state index is 0.177. The summed E-state index contributed by atoms with van der Waals surface area (Å²) >= 11 is 0. The van der Waals surface area contributed by atoms with Gasteiger partial charge in [0, 0.05) is 13.1 Å². The van der Waals surface area contributed by atoms with Crippen molar-refractivity contribution in [3.05, 3.63) is 29.6 Å². The predicted molar refractivity (Wildman–Crippen MR) is 72.4 cm³/mol. The second kappa shape index (κ2) is 6.32. The van der Waals surface area contributed by atoms with Crippen molar-refractivity contribution in [2.75, 3.05) is 14.2 Å². The number of rotatable bonds is 5. The number of hydrogen-bond donors (Lipinski definition) is 0. The molecule has 0 heterocycles. The van der Waals surface area contributed by atoms with Gasteiger partial charge in [-0.2, -0.15) is 4.31 Å². The first kappa shape index (κ1) is 16.6. The maximum absolute atomic E-state index is 13.4. The van der Waals surface area contributed by atoms with Crippen molar-refractivity contribution in [1.82, 2.24) is 4.31 Å². The average molecular weight is 303 g/mol. The number of methoxy groups -OCH3 is 1. The lowest BCUT2D eigenvalue weighted by atomic mass is 10.2. The standard InChI is InChI=1S/C13H18FNO4S/c1-5-9(2)15(3)20(17,18)12-8-10(14)6-7-11(12)13(16)19-4/h6-9H,5H2,1-4H3. The molecule has 1 aromatic rings. The van der Waals surface area contributed by atoms with Gasteiger partial charge in [0.05, 0.1) is 17.6 Å². The maximum Gasteiger partial charge on any atom is 0.339 e. The molecule has 1 aromatic carbocycles. The smallest absolute Gasteiger partial charge is 0.339 e. The Morgan fingerprint density at radius 3 is 2.55 bits per heavy atom. The van der Waals surface area contributed by atoms with E-state index in [0.717, 1.165) is 29.6 Å². The third kappa shape index (κ3) is 3.16. The molecular weight excluding hydrogens is 285 g/mol. The summed E-state index contributed by atoms with van der Waals surface area (Å²) in [6, 6.07) is 2.70. The summed E-state index contributed by atoms with van der Waals surface area (Å²) in [4.78, 5) is 11.2. The van der Waals surface area contributed by atoms with Gasteiger partial charge in [-0.05, 0) is 31.5 Å². The number of sulfonamides is 1. The van der Waals surface area contributed by atoms with Crippen LogP contribution in [0.25, 0.3) is 0 Å². The predicted octanol–water partition coefficient (Wildman–Crippen LogP) is 2.03. The molecule has 0 N–H and O–H groups in total. The van der Waals surface area contributed by atoms with E-state index in [0.29, 0.717) is 6.42 Å². The van der Waals surface area contributed by atoms with Crippen molar-refractivity contribution in [2.24, 2.45) is 0 Å². The quantitative estimate of drug-likeness (QED) is 0.781. The second-order valence-corrected chi connectivity index (χ2v) is 6.38. The largest absolute Gasteiger partial charge is 0.465 e. The third-order valence-corrected chi connectivity index (χ3v) is 5.23. The molecule has 1 unspecified atom stereocenters. The van der Waals surface area contributed by atoms with Crippen LogP contribution in [0.5, 0.6) is 0 Å². The average Bonchev–Trinajstić information content (AvgIpc) is 2.44. The number of carbonyl (C=O) groups is 1. The van der Waals surface area contributed by atoms with E-state index < -0.39 is 21.8 Å². The minimum atomic E-state index is -3.97. The van der Waals surface area contributed by atoms with E-state index in [1.807, 2.05) is 6.92 Å². The lowest BCUT2D eigenvalue weighted by Gasteiger charge is -2.24. The van der Waals surface area contributed by atoms with E-state index in [9.17, 15) is 17.6 Å². The van der Waals surface area contributed by atoms with Gasteiger partial charge in [0.25, 0.3) is 0 Å². The molecule has 0 aliphatic rings. The molecule has 0 fully saturated rings. The molecule has 112 valence electrons. The Bertz CT molecular complexity index is 600. The highest BCUT2D eigenvalue weighted by Crippen LogP contribution is 2.23. The van der Waals surface area contributed by atoms with E-state index in [1.165, 1.54) is 7.05 Å². The molecule has 7 heteroatoms. The summed E-state index contributed by atoms with van der Waals surface area (Å²) in [5, 5.41) is 0. The zero-order valence-corrected chi connectivity index (χ0v) is 12.7. The number of hydrogen-bond acceptors (Lipinski definition) is 4. The topological polar surface area (TPSA) is 63.7 Å². The fraction of sp³-hybridized carbons (Fsp3) is 0.462. The van der Waals surface area contributed by atoms with Crippen molar-refractivity contribution in [2.45, 2.75) is 31.2 Å². The number of carbonyl (C=O) groups excluding carboxylic acids is 1. The maximum atomic E-state index is 13.4. The highest BCUT2D eigenvalue weighted by molar-refractivity contribution is 7.89. The monoisotopic (exact) mass is 303 g/mol. The van der Waals surface area contributed by atoms with E-state index in [2.05, 4.69) is 4.74 Å². The Morgan fingerprint density at radius 2 is 2.05 bits per heavy atom. The van der Waals surface area contributed by atoms with Crippen LogP contribution < -0.4 is 0 Å². The van der Waals surface area contributed by atoms with E-state index >= 15 is 0 Å². The van der Waals surface area contributed by atoms with Crippen molar-refractivity contribution >= 4 is 16.0 Å².